The second-order valence-electron chi connectivity index (χ2n) is 4.63. The molecule has 0 spiro atoms. The van der Waals surface area contributed by atoms with Gasteiger partial charge in [0.2, 0.25) is 0 Å². The smallest absolute Gasteiger partial charge is 0.168 e. The topological polar surface area (TPSA) is 3.88 Å². The molecule has 1 aromatic heterocycles. The number of hydrogen-bond donors (Lipinski definition) is 0. The summed E-state index contributed by atoms with van der Waals surface area (Å²) in [5.41, 5.74) is 1.51. The summed E-state index contributed by atoms with van der Waals surface area (Å²) in [7, 11) is 2.07. The number of hydrogen-bond acceptors (Lipinski definition) is 0. The van der Waals surface area contributed by atoms with Crippen molar-refractivity contribution < 1.29 is 4.57 Å². The molecule has 0 saturated heterocycles. The Morgan fingerprint density at radius 3 is 2.36 bits per heavy atom. The molecule has 1 unspecified atom stereocenters. The molecule has 0 bridgehead atoms. The minimum atomic E-state index is 0.749. The predicted octanol–water partition coefficient (Wildman–Crippen LogP) is 2.80. The van der Waals surface area contributed by atoms with Crippen molar-refractivity contribution in [3.8, 4) is 0 Å². The molecule has 1 aliphatic rings. The van der Waals surface area contributed by atoms with Crippen molar-refractivity contribution in [1.29, 1.82) is 0 Å². The van der Waals surface area contributed by atoms with Gasteiger partial charge in [-0.25, -0.2) is 4.57 Å². The zero-order valence-corrected chi connectivity index (χ0v) is 9.24. The first-order valence-electron chi connectivity index (χ1n) is 5.72. The fourth-order valence-corrected chi connectivity index (χ4v) is 2.55. The monoisotopic (exact) mass is 190 g/mol. The predicted molar refractivity (Wildman–Crippen MR) is 58.0 cm³/mol. The van der Waals surface area contributed by atoms with Crippen LogP contribution in [0, 0.1) is 5.92 Å². The van der Waals surface area contributed by atoms with Gasteiger partial charge in [-0.1, -0.05) is 19.8 Å². The molecule has 2 rings (SSSR count). The average molecular weight is 190 g/mol. The summed E-state index contributed by atoms with van der Waals surface area (Å²) in [5.74, 6) is 1.68. The SMILES string of the molecule is CC(c1cc[n+](C)cc1)C1CCCC1. The van der Waals surface area contributed by atoms with Crippen molar-refractivity contribution >= 4 is 0 Å². The lowest BCUT2D eigenvalue weighted by atomic mass is 9.87. The zero-order chi connectivity index (χ0) is 9.97. The molecule has 1 nitrogen and oxygen atoms in total. The van der Waals surface area contributed by atoms with Gasteiger partial charge < -0.3 is 0 Å². The highest BCUT2D eigenvalue weighted by Crippen LogP contribution is 2.36. The molecule has 1 heteroatoms. The van der Waals surface area contributed by atoms with Crippen molar-refractivity contribution in [2.75, 3.05) is 0 Å². The number of aromatic nitrogens is 1. The van der Waals surface area contributed by atoms with Crippen LogP contribution in [0.5, 0.6) is 0 Å². The lowest BCUT2D eigenvalue weighted by Crippen LogP contribution is -2.26. The first kappa shape index (κ1) is 9.70. The van der Waals surface area contributed by atoms with Gasteiger partial charge in [-0.05, 0) is 30.2 Å². The highest BCUT2D eigenvalue weighted by Gasteiger charge is 2.22. The summed E-state index contributed by atoms with van der Waals surface area (Å²) in [6.07, 6.45) is 10.1. The van der Waals surface area contributed by atoms with E-state index in [4.69, 9.17) is 0 Å². The summed E-state index contributed by atoms with van der Waals surface area (Å²) >= 11 is 0. The van der Waals surface area contributed by atoms with E-state index in [1.165, 1.54) is 31.2 Å². The van der Waals surface area contributed by atoms with E-state index in [9.17, 15) is 0 Å². The molecule has 1 heterocycles. The number of pyridine rings is 1. The van der Waals surface area contributed by atoms with Crippen molar-refractivity contribution in [1.82, 2.24) is 0 Å². The molecule has 0 amide bonds. The summed E-state index contributed by atoms with van der Waals surface area (Å²) in [6.45, 7) is 2.38. The fourth-order valence-electron chi connectivity index (χ4n) is 2.55. The molecule has 0 aliphatic heterocycles. The van der Waals surface area contributed by atoms with Gasteiger partial charge >= 0.3 is 0 Å². The fraction of sp³-hybridized carbons (Fsp3) is 0.615. The molecule has 1 aromatic rings. The molecular formula is C13H20N+. The summed E-state index contributed by atoms with van der Waals surface area (Å²) in [4.78, 5) is 0. The molecule has 1 fully saturated rings. The Morgan fingerprint density at radius 1 is 1.21 bits per heavy atom. The van der Waals surface area contributed by atoms with Crippen LogP contribution < -0.4 is 4.57 Å². The van der Waals surface area contributed by atoms with Gasteiger partial charge in [-0.15, -0.1) is 0 Å². The van der Waals surface area contributed by atoms with Gasteiger partial charge in [-0.3, -0.25) is 0 Å². The van der Waals surface area contributed by atoms with Crippen LogP contribution in [0.25, 0.3) is 0 Å². The van der Waals surface area contributed by atoms with Gasteiger partial charge in [0.05, 0.1) is 0 Å². The summed E-state index contributed by atoms with van der Waals surface area (Å²) in [5, 5.41) is 0. The first-order valence-corrected chi connectivity index (χ1v) is 5.72. The number of nitrogens with zero attached hydrogens (tertiary/aromatic N) is 1. The van der Waals surface area contributed by atoms with E-state index in [1.807, 2.05) is 0 Å². The molecule has 0 radical (unpaired) electrons. The van der Waals surface area contributed by atoms with Crippen LogP contribution in [-0.4, -0.2) is 0 Å². The largest absolute Gasteiger partial charge is 0.208 e. The average Bonchev–Trinajstić information content (AvgIpc) is 2.71. The van der Waals surface area contributed by atoms with E-state index >= 15 is 0 Å². The Balaban J connectivity index is 2.09. The molecule has 0 aromatic carbocycles. The normalized spacial score (nSPS) is 19.9. The molecule has 1 atom stereocenters. The second-order valence-corrected chi connectivity index (χ2v) is 4.63. The maximum absolute atomic E-state index is 2.38. The lowest BCUT2D eigenvalue weighted by molar-refractivity contribution is -0.671. The Bertz CT molecular complexity index is 283. The van der Waals surface area contributed by atoms with Crippen LogP contribution in [0.3, 0.4) is 0 Å². The van der Waals surface area contributed by atoms with Crippen LogP contribution in [-0.2, 0) is 7.05 Å². The van der Waals surface area contributed by atoms with E-state index in [-0.39, 0.29) is 0 Å². The molecule has 76 valence electrons. The Hall–Kier alpha value is -0.850. The third-order valence-corrected chi connectivity index (χ3v) is 3.64. The highest BCUT2D eigenvalue weighted by atomic mass is 14.9. The standard InChI is InChI=1S/C13H20N/c1-11(12-5-3-4-6-12)13-7-9-14(2)10-8-13/h7-12H,3-6H2,1-2H3/q+1. The number of rotatable bonds is 2. The van der Waals surface area contributed by atoms with Crippen molar-refractivity contribution in [3.63, 3.8) is 0 Å². The Labute approximate surface area is 86.8 Å². The van der Waals surface area contributed by atoms with Gasteiger partial charge in [0, 0.05) is 12.1 Å². The van der Waals surface area contributed by atoms with E-state index < -0.39 is 0 Å². The molecule has 0 N–H and O–H groups in total. The van der Waals surface area contributed by atoms with Crippen molar-refractivity contribution in [2.45, 2.75) is 38.5 Å². The van der Waals surface area contributed by atoms with Crippen LogP contribution in [0.2, 0.25) is 0 Å². The zero-order valence-electron chi connectivity index (χ0n) is 9.24. The first-order chi connectivity index (χ1) is 6.77. The summed E-state index contributed by atoms with van der Waals surface area (Å²) < 4.78 is 2.10. The van der Waals surface area contributed by atoms with Gasteiger partial charge in [0.15, 0.2) is 12.4 Å². The minimum Gasteiger partial charge on any atom is -0.208 e. The molecular weight excluding hydrogens is 170 g/mol. The minimum absolute atomic E-state index is 0.749. The second kappa shape index (κ2) is 4.12. The van der Waals surface area contributed by atoms with Gasteiger partial charge in [0.25, 0.3) is 0 Å². The maximum atomic E-state index is 2.38. The van der Waals surface area contributed by atoms with Gasteiger partial charge in [0.1, 0.15) is 7.05 Å². The van der Waals surface area contributed by atoms with E-state index in [0.717, 1.165) is 11.8 Å². The van der Waals surface area contributed by atoms with Gasteiger partial charge in [-0.2, -0.15) is 0 Å². The Morgan fingerprint density at radius 2 is 1.79 bits per heavy atom. The third-order valence-electron chi connectivity index (χ3n) is 3.64. The van der Waals surface area contributed by atoms with E-state index in [1.54, 1.807) is 0 Å². The lowest BCUT2D eigenvalue weighted by Gasteiger charge is -2.18. The molecule has 1 saturated carbocycles. The van der Waals surface area contributed by atoms with Crippen LogP contribution in [0.4, 0.5) is 0 Å². The third kappa shape index (κ3) is 1.97. The van der Waals surface area contributed by atoms with Crippen LogP contribution >= 0.6 is 0 Å². The maximum Gasteiger partial charge on any atom is 0.168 e. The molecule has 1 aliphatic carbocycles. The van der Waals surface area contributed by atoms with Crippen LogP contribution in [0.15, 0.2) is 24.5 Å². The quantitative estimate of drug-likeness (QED) is 0.631. The molecule has 14 heavy (non-hydrogen) atoms. The highest BCUT2D eigenvalue weighted by molar-refractivity contribution is 5.14. The summed E-state index contributed by atoms with van der Waals surface area (Å²) in [6, 6.07) is 4.53. The van der Waals surface area contributed by atoms with E-state index in [0.29, 0.717) is 0 Å². The number of aryl methyl sites for hydroxylation is 1. The van der Waals surface area contributed by atoms with Crippen LogP contribution in [0.1, 0.15) is 44.1 Å². The van der Waals surface area contributed by atoms with E-state index in [2.05, 4.69) is 43.1 Å². The van der Waals surface area contributed by atoms with Crippen molar-refractivity contribution in [3.05, 3.63) is 30.1 Å². The van der Waals surface area contributed by atoms with Crippen molar-refractivity contribution in [2.24, 2.45) is 13.0 Å². The Kier molecular flexibility index (Phi) is 2.85.